The van der Waals surface area contributed by atoms with Crippen LogP contribution in [0.15, 0.2) is 30.3 Å². The molecule has 1 fully saturated rings. The first kappa shape index (κ1) is 14.3. The van der Waals surface area contributed by atoms with Gasteiger partial charge in [-0.25, -0.2) is 9.59 Å². The summed E-state index contributed by atoms with van der Waals surface area (Å²) in [7, 11) is 0. The Balaban J connectivity index is 1.75. The largest absolute Gasteiger partial charge is 0.461 e. The molecule has 1 aromatic carbocycles. The molecule has 20 heavy (non-hydrogen) atoms. The van der Waals surface area contributed by atoms with Gasteiger partial charge >= 0.3 is 12.1 Å². The van der Waals surface area contributed by atoms with Crippen LogP contribution < -0.4 is 11.1 Å². The molecule has 0 saturated heterocycles. The Hall–Kier alpha value is -2.08. The van der Waals surface area contributed by atoms with Gasteiger partial charge < -0.3 is 20.5 Å². The topological polar surface area (TPSA) is 90.6 Å². The molecule has 0 aliphatic heterocycles. The summed E-state index contributed by atoms with van der Waals surface area (Å²) in [6, 6.07) is 8.41. The third-order valence-electron chi connectivity index (χ3n) is 2.83. The van der Waals surface area contributed by atoms with Crippen LogP contribution in [-0.2, 0) is 20.9 Å². The van der Waals surface area contributed by atoms with Crippen molar-refractivity contribution in [2.75, 3.05) is 6.54 Å². The maximum absolute atomic E-state index is 11.7. The summed E-state index contributed by atoms with van der Waals surface area (Å²) >= 11 is 0. The standard InChI is InChI=1S/C14H18N2O4/c15-8-12(13(17)20-11-6-7-11)16-14(18)19-9-10-4-2-1-3-5-10/h1-5,11-12H,6-9,15H2,(H,16,18). The number of carbonyl (C=O) groups is 2. The predicted octanol–water partition coefficient (Wildman–Crippen LogP) is 0.946. The van der Waals surface area contributed by atoms with Crippen LogP contribution in [0.1, 0.15) is 18.4 Å². The number of amides is 1. The van der Waals surface area contributed by atoms with Crippen molar-refractivity contribution in [2.45, 2.75) is 31.6 Å². The second-order valence-electron chi connectivity index (χ2n) is 4.63. The van der Waals surface area contributed by atoms with Gasteiger partial charge in [0.2, 0.25) is 0 Å². The molecular formula is C14H18N2O4. The molecule has 0 heterocycles. The highest BCUT2D eigenvalue weighted by Gasteiger charge is 2.30. The van der Waals surface area contributed by atoms with E-state index in [1.54, 1.807) is 0 Å². The van der Waals surface area contributed by atoms with E-state index in [1.807, 2.05) is 30.3 Å². The molecule has 0 bridgehead atoms. The lowest BCUT2D eigenvalue weighted by molar-refractivity contribution is -0.147. The van der Waals surface area contributed by atoms with E-state index in [0.29, 0.717) is 0 Å². The van der Waals surface area contributed by atoms with E-state index >= 15 is 0 Å². The highest BCUT2D eigenvalue weighted by Crippen LogP contribution is 2.23. The highest BCUT2D eigenvalue weighted by molar-refractivity contribution is 5.81. The summed E-state index contributed by atoms with van der Waals surface area (Å²) in [5.74, 6) is -0.508. The maximum Gasteiger partial charge on any atom is 0.408 e. The number of rotatable bonds is 6. The molecule has 1 amide bonds. The van der Waals surface area contributed by atoms with Crippen LogP contribution in [0.5, 0.6) is 0 Å². The average molecular weight is 278 g/mol. The van der Waals surface area contributed by atoms with Gasteiger partial charge in [-0.1, -0.05) is 30.3 Å². The molecule has 0 spiro atoms. The first-order valence-corrected chi connectivity index (χ1v) is 6.57. The molecule has 1 atom stereocenters. The zero-order chi connectivity index (χ0) is 14.4. The van der Waals surface area contributed by atoms with Gasteiger partial charge in [0.15, 0.2) is 0 Å². The number of nitrogens with two attached hydrogens (primary N) is 1. The van der Waals surface area contributed by atoms with Crippen molar-refractivity contribution >= 4 is 12.1 Å². The van der Waals surface area contributed by atoms with E-state index in [2.05, 4.69) is 5.32 Å². The molecule has 6 nitrogen and oxygen atoms in total. The quantitative estimate of drug-likeness (QED) is 0.756. The van der Waals surface area contributed by atoms with Gasteiger partial charge in [0.25, 0.3) is 0 Å². The Labute approximate surface area is 117 Å². The van der Waals surface area contributed by atoms with E-state index in [4.69, 9.17) is 15.2 Å². The Kier molecular flexibility index (Phi) is 4.95. The van der Waals surface area contributed by atoms with Crippen LogP contribution in [0, 0.1) is 0 Å². The molecule has 1 saturated carbocycles. The zero-order valence-electron chi connectivity index (χ0n) is 11.1. The number of esters is 1. The van der Waals surface area contributed by atoms with Gasteiger partial charge in [0.1, 0.15) is 18.8 Å². The van der Waals surface area contributed by atoms with Gasteiger partial charge in [-0.15, -0.1) is 0 Å². The van der Waals surface area contributed by atoms with Gasteiger partial charge in [0, 0.05) is 6.54 Å². The van der Waals surface area contributed by atoms with Crippen molar-refractivity contribution in [3.8, 4) is 0 Å². The number of hydrogen-bond donors (Lipinski definition) is 2. The predicted molar refractivity (Wildman–Crippen MR) is 71.7 cm³/mol. The molecular weight excluding hydrogens is 260 g/mol. The molecule has 0 aromatic heterocycles. The minimum absolute atomic E-state index is 0.0151. The summed E-state index contributed by atoms with van der Waals surface area (Å²) in [5, 5.41) is 2.41. The molecule has 1 aliphatic carbocycles. The Morgan fingerprint density at radius 1 is 1.30 bits per heavy atom. The van der Waals surface area contributed by atoms with Crippen molar-refractivity contribution in [1.82, 2.24) is 5.32 Å². The fourth-order valence-corrected chi connectivity index (χ4v) is 1.55. The average Bonchev–Trinajstić information content (AvgIpc) is 3.27. The number of benzene rings is 1. The van der Waals surface area contributed by atoms with Gasteiger partial charge in [-0.05, 0) is 18.4 Å². The van der Waals surface area contributed by atoms with Crippen molar-refractivity contribution in [3.05, 3.63) is 35.9 Å². The third kappa shape index (κ3) is 4.55. The summed E-state index contributed by atoms with van der Waals surface area (Å²) in [5.41, 5.74) is 6.32. The molecule has 1 aliphatic rings. The SMILES string of the molecule is NCC(NC(=O)OCc1ccccc1)C(=O)OC1CC1. The monoisotopic (exact) mass is 278 g/mol. The summed E-state index contributed by atoms with van der Waals surface area (Å²) in [4.78, 5) is 23.3. The van der Waals surface area contributed by atoms with Crippen molar-refractivity contribution in [2.24, 2.45) is 5.73 Å². The third-order valence-corrected chi connectivity index (χ3v) is 2.83. The number of hydrogen-bond acceptors (Lipinski definition) is 5. The van der Waals surface area contributed by atoms with E-state index < -0.39 is 18.1 Å². The first-order chi connectivity index (χ1) is 9.69. The minimum Gasteiger partial charge on any atom is -0.461 e. The zero-order valence-corrected chi connectivity index (χ0v) is 11.1. The fraction of sp³-hybridized carbons (Fsp3) is 0.429. The second-order valence-corrected chi connectivity index (χ2v) is 4.63. The molecule has 108 valence electrons. The molecule has 1 aromatic rings. The van der Waals surface area contributed by atoms with E-state index in [0.717, 1.165) is 18.4 Å². The summed E-state index contributed by atoms with van der Waals surface area (Å²) in [6.07, 6.45) is 1.05. The van der Waals surface area contributed by atoms with Crippen molar-refractivity contribution in [1.29, 1.82) is 0 Å². The second kappa shape index (κ2) is 6.91. The van der Waals surface area contributed by atoms with Crippen molar-refractivity contribution < 1.29 is 19.1 Å². The van der Waals surface area contributed by atoms with Gasteiger partial charge in [0.05, 0.1) is 0 Å². The minimum atomic E-state index is -0.862. The van der Waals surface area contributed by atoms with Crippen LogP contribution in [0.25, 0.3) is 0 Å². The maximum atomic E-state index is 11.7. The highest BCUT2D eigenvalue weighted by atomic mass is 16.6. The normalized spacial score (nSPS) is 15.2. The van der Waals surface area contributed by atoms with E-state index in [-0.39, 0.29) is 19.3 Å². The number of ether oxygens (including phenoxy) is 2. The van der Waals surface area contributed by atoms with E-state index in [1.165, 1.54) is 0 Å². The van der Waals surface area contributed by atoms with E-state index in [9.17, 15) is 9.59 Å². The smallest absolute Gasteiger partial charge is 0.408 e. The lowest BCUT2D eigenvalue weighted by Gasteiger charge is -2.15. The summed E-state index contributed by atoms with van der Waals surface area (Å²) < 4.78 is 10.1. The lowest BCUT2D eigenvalue weighted by Crippen LogP contribution is -2.47. The number of alkyl carbamates (subject to hydrolysis) is 1. The molecule has 0 radical (unpaired) electrons. The Bertz CT molecular complexity index is 460. The molecule has 6 heteroatoms. The summed E-state index contributed by atoms with van der Waals surface area (Å²) in [6.45, 7) is 0.119. The van der Waals surface area contributed by atoms with Crippen LogP contribution in [0.3, 0.4) is 0 Å². The first-order valence-electron chi connectivity index (χ1n) is 6.57. The van der Waals surface area contributed by atoms with Crippen molar-refractivity contribution in [3.63, 3.8) is 0 Å². The molecule has 2 rings (SSSR count). The number of nitrogens with one attached hydrogen (secondary N) is 1. The fourth-order valence-electron chi connectivity index (χ4n) is 1.55. The van der Waals surface area contributed by atoms with Crippen LogP contribution >= 0.6 is 0 Å². The molecule has 3 N–H and O–H groups in total. The Morgan fingerprint density at radius 3 is 2.60 bits per heavy atom. The van der Waals surface area contributed by atoms with Gasteiger partial charge in [-0.3, -0.25) is 0 Å². The van der Waals surface area contributed by atoms with Crippen LogP contribution in [0.4, 0.5) is 4.79 Å². The van der Waals surface area contributed by atoms with Gasteiger partial charge in [-0.2, -0.15) is 0 Å². The molecule has 1 unspecified atom stereocenters. The Morgan fingerprint density at radius 2 is 2.00 bits per heavy atom. The lowest BCUT2D eigenvalue weighted by atomic mass is 10.2. The van der Waals surface area contributed by atoms with Crippen LogP contribution in [-0.4, -0.2) is 30.8 Å². The van der Waals surface area contributed by atoms with Crippen LogP contribution in [0.2, 0.25) is 0 Å². The number of carbonyl (C=O) groups excluding carboxylic acids is 2.